The second-order valence-corrected chi connectivity index (χ2v) is 4.97. The molecule has 0 spiro atoms. The quantitative estimate of drug-likeness (QED) is 0.716. The van der Waals surface area contributed by atoms with Gasteiger partial charge in [-0.2, -0.15) is 0 Å². The average molecular weight is 222 g/mol. The fraction of sp³-hybridized carbons (Fsp3) is 0.294. The molecule has 2 aromatic carbocycles. The molecule has 0 heteroatoms. The van der Waals surface area contributed by atoms with Gasteiger partial charge in [0.15, 0.2) is 0 Å². The van der Waals surface area contributed by atoms with E-state index in [1.165, 1.54) is 36.8 Å². The SMILES string of the molecule is c1ccc(Cc2ccc3c(c2)CCCC3)cc1. The van der Waals surface area contributed by atoms with Gasteiger partial charge in [0.05, 0.1) is 0 Å². The molecule has 1 aliphatic carbocycles. The van der Waals surface area contributed by atoms with Gasteiger partial charge in [0, 0.05) is 0 Å². The molecule has 17 heavy (non-hydrogen) atoms. The number of fused-ring (bicyclic) bond motifs is 1. The van der Waals surface area contributed by atoms with Crippen LogP contribution < -0.4 is 0 Å². The molecule has 0 radical (unpaired) electrons. The monoisotopic (exact) mass is 222 g/mol. The highest BCUT2D eigenvalue weighted by molar-refractivity contribution is 5.36. The zero-order valence-corrected chi connectivity index (χ0v) is 10.2. The van der Waals surface area contributed by atoms with Crippen LogP contribution in [0.1, 0.15) is 35.1 Å². The minimum atomic E-state index is 1.06. The average Bonchev–Trinajstić information content (AvgIpc) is 2.40. The van der Waals surface area contributed by atoms with Crippen molar-refractivity contribution in [2.75, 3.05) is 0 Å². The molecule has 86 valence electrons. The Balaban J connectivity index is 1.84. The fourth-order valence-electron chi connectivity index (χ4n) is 2.73. The van der Waals surface area contributed by atoms with Gasteiger partial charge in [0.1, 0.15) is 0 Å². The van der Waals surface area contributed by atoms with Crippen LogP contribution in [0, 0.1) is 0 Å². The van der Waals surface area contributed by atoms with Gasteiger partial charge >= 0.3 is 0 Å². The summed E-state index contributed by atoms with van der Waals surface area (Å²) in [4.78, 5) is 0. The van der Waals surface area contributed by atoms with Crippen molar-refractivity contribution in [3.8, 4) is 0 Å². The van der Waals surface area contributed by atoms with E-state index in [9.17, 15) is 0 Å². The van der Waals surface area contributed by atoms with Gasteiger partial charge in [-0.25, -0.2) is 0 Å². The first-order chi connectivity index (χ1) is 8.42. The Morgan fingerprint density at radius 2 is 1.47 bits per heavy atom. The summed E-state index contributed by atoms with van der Waals surface area (Å²) in [6.45, 7) is 0. The number of rotatable bonds is 2. The first-order valence-corrected chi connectivity index (χ1v) is 6.56. The van der Waals surface area contributed by atoms with E-state index in [1.54, 1.807) is 11.1 Å². The molecule has 0 saturated heterocycles. The Morgan fingerprint density at radius 3 is 2.29 bits per heavy atom. The lowest BCUT2D eigenvalue weighted by atomic mass is 9.89. The molecule has 0 heterocycles. The Kier molecular flexibility index (Phi) is 2.96. The van der Waals surface area contributed by atoms with Crippen molar-refractivity contribution in [3.63, 3.8) is 0 Å². The highest BCUT2D eigenvalue weighted by Gasteiger charge is 2.09. The standard InChI is InChI=1S/C17H18/c1-2-6-14(7-3-1)12-15-10-11-16-8-4-5-9-17(16)13-15/h1-3,6-7,10-11,13H,4-5,8-9,12H2. The predicted molar refractivity (Wildman–Crippen MR) is 72.3 cm³/mol. The van der Waals surface area contributed by atoms with Crippen molar-refractivity contribution in [2.24, 2.45) is 0 Å². The second kappa shape index (κ2) is 4.75. The number of benzene rings is 2. The van der Waals surface area contributed by atoms with Gasteiger partial charge in [-0.3, -0.25) is 0 Å². The molecule has 1 aliphatic rings. The molecule has 0 nitrogen and oxygen atoms in total. The van der Waals surface area contributed by atoms with Crippen LogP contribution in [0.3, 0.4) is 0 Å². The third-order valence-electron chi connectivity index (χ3n) is 3.66. The van der Waals surface area contributed by atoms with Crippen molar-refractivity contribution in [1.29, 1.82) is 0 Å². The van der Waals surface area contributed by atoms with Crippen LogP contribution in [0.2, 0.25) is 0 Å². The summed E-state index contributed by atoms with van der Waals surface area (Å²) in [5.74, 6) is 0. The topological polar surface area (TPSA) is 0 Å². The van der Waals surface area contributed by atoms with Crippen LogP contribution in [0.15, 0.2) is 48.5 Å². The molecule has 0 saturated carbocycles. The molecule has 0 bridgehead atoms. The van der Waals surface area contributed by atoms with Gasteiger partial charge in [-0.05, 0) is 54.4 Å². The number of hydrogen-bond acceptors (Lipinski definition) is 0. The summed E-state index contributed by atoms with van der Waals surface area (Å²) in [7, 11) is 0. The Bertz CT molecular complexity index is 497. The van der Waals surface area contributed by atoms with E-state index in [0.29, 0.717) is 0 Å². The summed E-state index contributed by atoms with van der Waals surface area (Å²) >= 11 is 0. The fourth-order valence-corrected chi connectivity index (χ4v) is 2.73. The third-order valence-corrected chi connectivity index (χ3v) is 3.66. The van der Waals surface area contributed by atoms with Crippen molar-refractivity contribution >= 4 is 0 Å². The van der Waals surface area contributed by atoms with Crippen LogP contribution in [-0.2, 0) is 19.3 Å². The van der Waals surface area contributed by atoms with Crippen molar-refractivity contribution in [3.05, 3.63) is 70.8 Å². The summed E-state index contributed by atoms with van der Waals surface area (Å²) in [6, 6.07) is 17.8. The molecule has 0 aromatic heterocycles. The summed E-state index contributed by atoms with van der Waals surface area (Å²) in [6.07, 6.45) is 6.35. The molecular weight excluding hydrogens is 204 g/mol. The van der Waals surface area contributed by atoms with E-state index in [4.69, 9.17) is 0 Å². The van der Waals surface area contributed by atoms with E-state index < -0.39 is 0 Å². The van der Waals surface area contributed by atoms with Gasteiger partial charge < -0.3 is 0 Å². The summed E-state index contributed by atoms with van der Waals surface area (Å²) in [5, 5.41) is 0. The lowest BCUT2D eigenvalue weighted by Crippen LogP contribution is -2.03. The zero-order valence-electron chi connectivity index (χ0n) is 10.2. The minimum absolute atomic E-state index is 1.06. The molecule has 0 fully saturated rings. The van der Waals surface area contributed by atoms with E-state index in [1.807, 2.05) is 0 Å². The van der Waals surface area contributed by atoms with E-state index >= 15 is 0 Å². The summed E-state index contributed by atoms with van der Waals surface area (Å²) < 4.78 is 0. The first-order valence-electron chi connectivity index (χ1n) is 6.56. The van der Waals surface area contributed by atoms with Gasteiger partial charge in [0.25, 0.3) is 0 Å². The third kappa shape index (κ3) is 2.41. The van der Waals surface area contributed by atoms with Crippen LogP contribution in [0.25, 0.3) is 0 Å². The van der Waals surface area contributed by atoms with E-state index in [0.717, 1.165) is 6.42 Å². The van der Waals surface area contributed by atoms with Crippen molar-refractivity contribution in [2.45, 2.75) is 32.1 Å². The zero-order chi connectivity index (χ0) is 11.5. The van der Waals surface area contributed by atoms with Gasteiger partial charge in [-0.15, -0.1) is 0 Å². The molecule has 0 atom stereocenters. The van der Waals surface area contributed by atoms with Crippen molar-refractivity contribution < 1.29 is 0 Å². The van der Waals surface area contributed by atoms with E-state index in [-0.39, 0.29) is 0 Å². The lowest BCUT2D eigenvalue weighted by Gasteiger charge is -2.16. The maximum Gasteiger partial charge on any atom is -0.00257 e. The highest BCUT2D eigenvalue weighted by Crippen LogP contribution is 2.23. The molecule has 0 unspecified atom stereocenters. The second-order valence-electron chi connectivity index (χ2n) is 4.97. The Labute approximate surface area is 103 Å². The maximum atomic E-state index is 2.42. The van der Waals surface area contributed by atoms with Crippen LogP contribution in [0.4, 0.5) is 0 Å². The lowest BCUT2D eigenvalue weighted by molar-refractivity contribution is 0.684. The van der Waals surface area contributed by atoms with Gasteiger partial charge in [0.2, 0.25) is 0 Å². The molecule has 3 rings (SSSR count). The summed E-state index contributed by atoms with van der Waals surface area (Å²) in [5.41, 5.74) is 6.03. The predicted octanol–water partition coefficient (Wildman–Crippen LogP) is 4.16. The van der Waals surface area contributed by atoms with Crippen LogP contribution in [0.5, 0.6) is 0 Å². The highest BCUT2D eigenvalue weighted by atomic mass is 14.1. The van der Waals surface area contributed by atoms with Crippen LogP contribution in [-0.4, -0.2) is 0 Å². The number of aryl methyl sites for hydroxylation is 2. The smallest absolute Gasteiger partial charge is 0.00257 e. The molecule has 2 aromatic rings. The maximum absolute atomic E-state index is 2.42. The first kappa shape index (κ1) is 10.6. The molecule has 0 N–H and O–H groups in total. The molecular formula is C17H18. The van der Waals surface area contributed by atoms with E-state index in [2.05, 4.69) is 48.5 Å². The van der Waals surface area contributed by atoms with Crippen molar-refractivity contribution in [1.82, 2.24) is 0 Å². The number of hydrogen-bond donors (Lipinski definition) is 0. The largest absolute Gasteiger partial charge is 0.0622 e. The Hall–Kier alpha value is -1.56. The van der Waals surface area contributed by atoms with Crippen LogP contribution >= 0.6 is 0 Å². The molecule has 0 aliphatic heterocycles. The molecule has 0 amide bonds. The normalized spacial score (nSPS) is 14.4. The minimum Gasteiger partial charge on any atom is -0.0622 e. The van der Waals surface area contributed by atoms with Gasteiger partial charge in [-0.1, -0.05) is 48.5 Å². The Morgan fingerprint density at radius 1 is 0.706 bits per heavy atom.